The highest BCUT2D eigenvalue weighted by Gasteiger charge is 2.17. The third-order valence-electron chi connectivity index (χ3n) is 4.17. The first kappa shape index (κ1) is 15.8. The highest BCUT2D eigenvalue weighted by atomic mass is 16.5. The van der Waals surface area contributed by atoms with Crippen molar-refractivity contribution in [1.29, 1.82) is 0 Å². The topological polar surface area (TPSA) is 21.3 Å². The smallest absolute Gasteiger partial charge is 0.119 e. The molecule has 21 heavy (non-hydrogen) atoms. The molecule has 0 bridgehead atoms. The van der Waals surface area contributed by atoms with Gasteiger partial charge in [0.05, 0.1) is 7.11 Å². The predicted molar refractivity (Wildman–Crippen MR) is 91.0 cm³/mol. The lowest BCUT2D eigenvalue weighted by atomic mass is 9.90. The monoisotopic (exact) mass is 285 g/mol. The van der Waals surface area contributed by atoms with Gasteiger partial charge in [0.2, 0.25) is 0 Å². The summed E-state index contributed by atoms with van der Waals surface area (Å²) in [5.41, 5.74) is 1.38. The maximum Gasteiger partial charge on any atom is 0.119 e. The van der Waals surface area contributed by atoms with Gasteiger partial charge in [-0.25, -0.2) is 0 Å². The summed E-state index contributed by atoms with van der Waals surface area (Å²) in [6.07, 6.45) is 2.48. The lowest BCUT2D eigenvalue weighted by Gasteiger charge is -2.25. The van der Waals surface area contributed by atoms with Gasteiger partial charge in [0, 0.05) is 6.04 Å². The number of hydrogen-bond donors (Lipinski definition) is 1. The fourth-order valence-electron chi connectivity index (χ4n) is 3.05. The number of ether oxygens (including phenoxy) is 1. The highest BCUT2D eigenvalue weighted by Crippen LogP contribution is 2.29. The molecule has 0 aliphatic heterocycles. The zero-order valence-corrected chi connectivity index (χ0v) is 13.6. The fraction of sp³-hybridized carbons (Fsp3) is 0.474. The molecule has 0 aliphatic rings. The van der Waals surface area contributed by atoms with Gasteiger partial charge >= 0.3 is 0 Å². The molecule has 2 heteroatoms. The van der Waals surface area contributed by atoms with E-state index in [4.69, 9.17) is 4.74 Å². The summed E-state index contributed by atoms with van der Waals surface area (Å²) < 4.78 is 5.30. The quantitative estimate of drug-likeness (QED) is 0.778. The number of fused-ring (bicyclic) bond motifs is 1. The molecule has 2 aromatic rings. The van der Waals surface area contributed by atoms with Gasteiger partial charge in [0.1, 0.15) is 5.75 Å². The zero-order valence-electron chi connectivity index (χ0n) is 13.6. The van der Waals surface area contributed by atoms with Crippen LogP contribution in [0.5, 0.6) is 5.75 Å². The first-order valence-electron chi connectivity index (χ1n) is 8.00. The molecular formula is C19H27NO. The van der Waals surface area contributed by atoms with Gasteiger partial charge in [0.25, 0.3) is 0 Å². The standard InChI is InChI=1S/C19H27NO/c1-5-7-14(3)19(20-6-2)17-9-8-16-13-18(21-4)11-10-15(16)12-17/h8-14,19-20H,5-7H2,1-4H3. The Morgan fingerprint density at radius 2 is 1.76 bits per heavy atom. The van der Waals surface area contributed by atoms with Crippen molar-refractivity contribution in [2.75, 3.05) is 13.7 Å². The van der Waals surface area contributed by atoms with Crippen molar-refractivity contribution < 1.29 is 4.74 Å². The van der Waals surface area contributed by atoms with E-state index in [1.165, 1.54) is 29.2 Å². The van der Waals surface area contributed by atoms with Gasteiger partial charge in [-0.3, -0.25) is 0 Å². The van der Waals surface area contributed by atoms with E-state index in [-0.39, 0.29) is 0 Å². The molecule has 0 aliphatic carbocycles. The first-order chi connectivity index (χ1) is 10.2. The van der Waals surface area contributed by atoms with Crippen LogP contribution in [0.15, 0.2) is 36.4 Å². The Labute approximate surface area is 128 Å². The molecule has 0 saturated heterocycles. The Kier molecular flexibility index (Phi) is 5.63. The van der Waals surface area contributed by atoms with E-state index < -0.39 is 0 Å². The number of benzene rings is 2. The Morgan fingerprint density at radius 3 is 2.43 bits per heavy atom. The fourth-order valence-corrected chi connectivity index (χ4v) is 3.05. The van der Waals surface area contributed by atoms with Gasteiger partial charge in [0.15, 0.2) is 0 Å². The van der Waals surface area contributed by atoms with Crippen molar-refractivity contribution in [2.24, 2.45) is 5.92 Å². The normalized spacial score (nSPS) is 14.1. The van der Waals surface area contributed by atoms with E-state index in [0.717, 1.165) is 12.3 Å². The molecule has 2 atom stereocenters. The third kappa shape index (κ3) is 3.76. The van der Waals surface area contributed by atoms with Gasteiger partial charge in [-0.05, 0) is 53.4 Å². The second-order valence-corrected chi connectivity index (χ2v) is 5.77. The minimum atomic E-state index is 0.432. The summed E-state index contributed by atoms with van der Waals surface area (Å²) in [5.74, 6) is 1.56. The average Bonchev–Trinajstić information content (AvgIpc) is 2.51. The van der Waals surface area contributed by atoms with Gasteiger partial charge in [-0.1, -0.05) is 45.4 Å². The minimum absolute atomic E-state index is 0.432. The largest absolute Gasteiger partial charge is 0.497 e. The molecular weight excluding hydrogens is 258 g/mol. The maximum atomic E-state index is 5.30. The molecule has 114 valence electrons. The number of nitrogens with one attached hydrogen (secondary N) is 1. The molecule has 2 unspecified atom stereocenters. The molecule has 0 fully saturated rings. The van der Waals surface area contributed by atoms with E-state index in [0.29, 0.717) is 12.0 Å². The zero-order chi connectivity index (χ0) is 15.2. The van der Waals surface area contributed by atoms with Crippen LogP contribution in [0.25, 0.3) is 10.8 Å². The van der Waals surface area contributed by atoms with E-state index in [2.05, 4.69) is 56.4 Å². The molecule has 0 spiro atoms. The molecule has 0 saturated carbocycles. The van der Waals surface area contributed by atoms with E-state index in [1.54, 1.807) is 7.11 Å². The average molecular weight is 285 g/mol. The van der Waals surface area contributed by atoms with Crippen LogP contribution in [0.4, 0.5) is 0 Å². The van der Waals surface area contributed by atoms with Crippen LogP contribution < -0.4 is 10.1 Å². The summed E-state index contributed by atoms with van der Waals surface area (Å²) in [6, 6.07) is 13.5. The number of methoxy groups -OCH3 is 1. The molecule has 0 radical (unpaired) electrons. The van der Waals surface area contributed by atoms with E-state index in [1.807, 2.05) is 6.07 Å². The van der Waals surface area contributed by atoms with Crippen molar-refractivity contribution in [2.45, 2.75) is 39.7 Å². The lowest BCUT2D eigenvalue weighted by Crippen LogP contribution is -2.26. The first-order valence-corrected chi connectivity index (χ1v) is 8.00. The molecule has 2 rings (SSSR count). The second kappa shape index (κ2) is 7.46. The van der Waals surface area contributed by atoms with Gasteiger partial charge in [-0.15, -0.1) is 0 Å². The van der Waals surface area contributed by atoms with Crippen molar-refractivity contribution in [3.63, 3.8) is 0 Å². The summed E-state index contributed by atoms with van der Waals surface area (Å²) in [6.45, 7) is 7.78. The van der Waals surface area contributed by atoms with Crippen LogP contribution in [0.3, 0.4) is 0 Å². The van der Waals surface area contributed by atoms with Crippen LogP contribution in [0.2, 0.25) is 0 Å². The second-order valence-electron chi connectivity index (χ2n) is 5.77. The molecule has 2 aromatic carbocycles. The van der Waals surface area contributed by atoms with Crippen molar-refractivity contribution in [3.05, 3.63) is 42.0 Å². The highest BCUT2D eigenvalue weighted by molar-refractivity contribution is 5.84. The molecule has 1 N–H and O–H groups in total. The summed E-state index contributed by atoms with van der Waals surface area (Å²) in [5, 5.41) is 6.16. The number of hydrogen-bond acceptors (Lipinski definition) is 2. The lowest BCUT2D eigenvalue weighted by molar-refractivity contribution is 0.369. The maximum absolute atomic E-state index is 5.30. The van der Waals surface area contributed by atoms with E-state index >= 15 is 0 Å². The predicted octanol–water partition coefficient (Wildman–Crippen LogP) is 4.94. The van der Waals surface area contributed by atoms with Crippen LogP contribution in [-0.2, 0) is 0 Å². The van der Waals surface area contributed by atoms with Crippen LogP contribution in [0, 0.1) is 5.92 Å². The van der Waals surface area contributed by atoms with Crippen LogP contribution in [-0.4, -0.2) is 13.7 Å². The van der Waals surface area contributed by atoms with Gasteiger partial charge in [-0.2, -0.15) is 0 Å². The minimum Gasteiger partial charge on any atom is -0.497 e. The van der Waals surface area contributed by atoms with Crippen LogP contribution >= 0.6 is 0 Å². The Morgan fingerprint density at radius 1 is 1.05 bits per heavy atom. The summed E-state index contributed by atoms with van der Waals surface area (Å²) in [7, 11) is 1.71. The number of rotatable bonds is 7. The SMILES string of the molecule is CCCC(C)C(NCC)c1ccc2cc(OC)ccc2c1. The van der Waals surface area contributed by atoms with Crippen molar-refractivity contribution in [3.8, 4) is 5.75 Å². The summed E-state index contributed by atoms with van der Waals surface area (Å²) >= 11 is 0. The summed E-state index contributed by atoms with van der Waals surface area (Å²) in [4.78, 5) is 0. The molecule has 2 nitrogen and oxygen atoms in total. The van der Waals surface area contributed by atoms with Gasteiger partial charge < -0.3 is 10.1 Å². The third-order valence-corrected chi connectivity index (χ3v) is 4.17. The van der Waals surface area contributed by atoms with Crippen molar-refractivity contribution in [1.82, 2.24) is 5.32 Å². The van der Waals surface area contributed by atoms with Crippen molar-refractivity contribution >= 4 is 10.8 Å². The Balaban J connectivity index is 2.34. The molecule has 0 aromatic heterocycles. The van der Waals surface area contributed by atoms with E-state index in [9.17, 15) is 0 Å². The Bertz CT molecular complexity index is 579. The van der Waals surface area contributed by atoms with Crippen LogP contribution in [0.1, 0.15) is 45.2 Å². The molecule has 0 amide bonds. The Hall–Kier alpha value is -1.54. The molecule has 0 heterocycles.